The summed E-state index contributed by atoms with van der Waals surface area (Å²) in [4.78, 5) is 10.1. The Labute approximate surface area is 146 Å². The quantitative estimate of drug-likeness (QED) is 0.593. The third-order valence-electron chi connectivity index (χ3n) is 3.79. The van der Waals surface area contributed by atoms with Crippen LogP contribution in [0.5, 0.6) is 0 Å². The molecule has 1 aliphatic heterocycles. The Kier molecular flexibility index (Phi) is 5.94. The van der Waals surface area contributed by atoms with Gasteiger partial charge in [0, 0.05) is 31.8 Å². The van der Waals surface area contributed by atoms with Crippen LogP contribution in [0.15, 0.2) is 18.2 Å². The number of nitro groups is 1. The molecule has 2 rings (SSSR count). The van der Waals surface area contributed by atoms with Gasteiger partial charge in [-0.15, -0.1) is 0 Å². The van der Waals surface area contributed by atoms with Gasteiger partial charge in [0.15, 0.2) is 0 Å². The van der Waals surface area contributed by atoms with E-state index in [1.54, 1.807) is 0 Å². The van der Waals surface area contributed by atoms with E-state index in [4.69, 9.17) is 10.00 Å². The zero-order valence-corrected chi connectivity index (χ0v) is 14.8. The smallest absolute Gasteiger partial charge is 0.270 e. The molecule has 0 aliphatic carbocycles. The van der Waals surface area contributed by atoms with Crippen molar-refractivity contribution in [3.63, 3.8) is 0 Å². The molecule has 9 nitrogen and oxygen atoms in total. The molecule has 0 spiro atoms. The van der Waals surface area contributed by atoms with Gasteiger partial charge in [-0.1, -0.05) is 0 Å². The second-order valence-electron chi connectivity index (χ2n) is 5.92. The normalized spacial score (nSPS) is 21.5. The number of hydrogen-bond donors (Lipinski definition) is 1. The SMILES string of the molecule is C[C@@H]1CN(S(=O)(=O)CCNc2ccc([N+](=O)[O-])cc2C#N)C[C@@H](C)O1. The molecular formula is C15H20N4O5S. The lowest BCUT2D eigenvalue weighted by molar-refractivity contribution is -0.384. The minimum atomic E-state index is -3.46. The molecule has 1 heterocycles. The summed E-state index contributed by atoms with van der Waals surface area (Å²) in [6.45, 7) is 4.37. The van der Waals surface area contributed by atoms with Crippen LogP contribution in [-0.4, -0.2) is 55.2 Å². The largest absolute Gasteiger partial charge is 0.383 e. The van der Waals surface area contributed by atoms with Crippen LogP contribution >= 0.6 is 0 Å². The average Bonchev–Trinajstić information content (AvgIpc) is 2.53. The topological polar surface area (TPSA) is 126 Å². The number of nitrogens with zero attached hydrogens (tertiary/aromatic N) is 3. The van der Waals surface area contributed by atoms with E-state index < -0.39 is 14.9 Å². The van der Waals surface area contributed by atoms with Crippen LogP contribution in [0, 0.1) is 21.4 Å². The second kappa shape index (κ2) is 7.77. The Morgan fingerprint density at radius 3 is 2.60 bits per heavy atom. The number of ether oxygens (including phenoxy) is 1. The van der Waals surface area contributed by atoms with E-state index in [9.17, 15) is 18.5 Å². The third kappa shape index (κ3) is 4.88. The molecule has 25 heavy (non-hydrogen) atoms. The molecule has 0 aromatic heterocycles. The van der Waals surface area contributed by atoms with Gasteiger partial charge in [-0.3, -0.25) is 10.1 Å². The number of rotatable bonds is 6. The number of hydrogen-bond acceptors (Lipinski definition) is 7. The molecule has 0 unspecified atom stereocenters. The van der Waals surface area contributed by atoms with Crippen molar-refractivity contribution in [3.8, 4) is 6.07 Å². The highest BCUT2D eigenvalue weighted by Crippen LogP contribution is 2.21. The number of nitriles is 1. The standard InChI is InChI=1S/C15H20N4O5S/c1-11-9-18(10-12(2)24-11)25(22,23)6-5-17-15-4-3-14(19(20)21)7-13(15)8-16/h3-4,7,11-12,17H,5-6,9-10H2,1-2H3/t11-,12-/m1/s1. The van der Waals surface area contributed by atoms with Crippen molar-refractivity contribution in [3.05, 3.63) is 33.9 Å². The first-order valence-electron chi connectivity index (χ1n) is 7.78. The zero-order valence-electron chi connectivity index (χ0n) is 14.0. The number of nitro benzene ring substituents is 1. The molecule has 0 amide bonds. The van der Waals surface area contributed by atoms with Gasteiger partial charge >= 0.3 is 0 Å². The number of morpholine rings is 1. The molecule has 136 valence electrons. The molecule has 1 fully saturated rings. The van der Waals surface area contributed by atoms with Gasteiger partial charge in [-0.05, 0) is 19.9 Å². The van der Waals surface area contributed by atoms with Crippen molar-refractivity contribution in [2.75, 3.05) is 30.7 Å². The number of anilines is 1. The van der Waals surface area contributed by atoms with Crippen LogP contribution in [0.4, 0.5) is 11.4 Å². The van der Waals surface area contributed by atoms with Crippen molar-refractivity contribution in [1.29, 1.82) is 5.26 Å². The summed E-state index contributed by atoms with van der Waals surface area (Å²) in [6, 6.07) is 5.70. The lowest BCUT2D eigenvalue weighted by Crippen LogP contribution is -2.49. The Morgan fingerprint density at radius 2 is 2.04 bits per heavy atom. The maximum absolute atomic E-state index is 12.4. The first-order valence-corrected chi connectivity index (χ1v) is 9.39. The van der Waals surface area contributed by atoms with Gasteiger partial charge in [-0.25, -0.2) is 8.42 Å². The Hall–Kier alpha value is -2.22. The molecule has 1 aliphatic rings. The molecule has 0 saturated carbocycles. The van der Waals surface area contributed by atoms with Crippen molar-refractivity contribution < 1.29 is 18.1 Å². The summed E-state index contributed by atoms with van der Waals surface area (Å²) in [5.41, 5.74) is 0.276. The fraction of sp³-hybridized carbons (Fsp3) is 0.533. The van der Waals surface area contributed by atoms with Gasteiger partial charge in [0.2, 0.25) is 10.0 Å². The van der Waals surface area contributed by atoms with Gasteiger partial charge in [0.25, 0.3) is 5.69 Å². The number of benzene rings is 1. The molecule has 1 saturated heterocycles. The van der Waals surface area contributed by atoms with Crippen molar-refractivity contribution in [1.82, 2.24) is 4.31 Å². The fourth-order valence-corrected chi connectivity index (χ4v) is 4.19. The van der Waals surface area contributed by atoms with E-state index in [0.29, 0.717) is 18.8 Å². The van der Waals surface area contributed by atoms with Crippen molar-refractivity contribution in [2.45, 2.75) is 26.1 Å². The fourth-order valence-electron chi connectivity index (χ4n) is 2.69. The van der Waals surface area contributed by atoms with E-state index in [2.05, 4.69) is 5.32 Å². The van der Waals surface area contributed by atoms with Gasteiger partial charge in [-0.2, -0.15) is 9.57 Å². The Morgan fingerprint density at radius 1 is 1.40 bits per heavy atom. The minimum Gasteiger partial charge on any atom is -0.383 e. The second-order valence-corrected chi connectivity index (χ2v) is 8.00. The van der Waals surface area contributed by atoms with Crippen molar-refractivity contribution >= 4 is 21.4 Å². The van der Waals surface area contributed by atoms with Crippen LogP contribution in [0.25, 0.3) is 0 Å². The van der Waals surface area contributed by atoms with Crippen LogP contribution < -0.4 is 5.32 Å². The summed E-state index contributed by atoms with van der Waals surface area (Å²) < 4.78 is 31.8. The van der Waals surface area contributed by atoms with Gasteiger partial charge in [0.1, 0.15) is 6.07 Å². The summed E-state index contributed by atoms with van der Waals surface area (Å²) in [7, 11) is -3.46. The maximum Gasteiger partial charge on any atom is 0.270 e. The average molecular weight is 368 g/mol. The minimum absolute atomic E-state index is 0.0922. The molecule has 1 aromatic carbocycles. The van der Waals surface area contributed by atoms with Crippen LogP contribution in [-0.2, 0) is 14.8 Å². The molecule has 1 aromatic rings. The molecular weight excluding hydrogens is 348 g/mol. The third-order valence-corrected chi connectivity index (χ3v) is 5.59. The van der Waals surface area contributed by atoms with E-state index in [-0.39, 0.29) is 35.8 Å². The number of nitrogens with one attached hydrogen (secondary N) is 1. The first kappa shape index (κ1) is 19.1. The van der Waals surface area contributed by atoms with Gasteiger partial charge in [0.05, 0.1) is 34.1 Å². The lowest BCUT2D eigenvalue weighted by atomic mass is 10.1. The molecule has 10 heteroatoms. The molecule has 2 atom stereocenters. The molecule has 0 radical (unpaired) electrons. The van der Waals surface area contributed by atoms with Crippen LogP contribution in [0.1, 0.15) is 19.4 Å². The number of non-ortho nitro benzene ring substituents is 1. The Bertz CT molecular complexity index is 780. The maximum atomic E-state index is 12.4. The van der Waals surface area contributed by atoms with Crippen LogP contribution in [0.2, 0.25) is 0 Å². The first-order chi connectivity index (χ1) is 11.7. The predicted molar refractivity (Wildman–Crippen MR) is 91.7 cm³/mol. The Balaban J connectivity index is 2.00. The molecule has 1 N–H and O–H groups in total. The van der Waals surface area contributed by atoms with Crippen molar-refractivity contribution in [2.24, 2.45) is 0 Å². The number of sulfonamides is 1. The van der Waals surface area contributed by atoms with E-state index in [1.807, 2.05) is 19.9 Å². The van der Waals surface area contributed by atoms with E-state index >= 15 is 0 Å². The monoisotopic (exact) mass is 368 g/mol. The zero-order chi connectivity index (χ0) is 18.6. The summed E-state index contributed by atoms with van der Waals surface area (Å²) in [5.74, 6) is -0.145. The summed E-state index contributed by atoms with van der Waals surface area (Å²) in [6.07, 6.45) is -0.322. The molecule has 0 bridgehead atoms. The van der Waals surface area contributed by atoms with E-state index in [1.165, 1.54) is 16.4 Å². The summed E-state index contributed by atoms with van der Waals surface area (Å²) >= 11 is 0. The van der Waals surface area contributed by atoms with Gasteiger partial charge < -0.3 is 10.1 Å². The highest BCUT2D eigenvalue weighted by molar-refractivity contribution is 7.89. The van der Waals surface area contributed by atoms with Crippen LogP contribution in [0.3, 0.4) is 0 Å². The predicted octanol–water partition coefficient (Wildman–Crippen LogP) is 1.32. The highest BCUT2D eigenvalue weighted by Gasteiger charge is 2.30. The highest BCUT2D eigenvalue weighted by atomic mass is 32.2. The van der Waals surface area contributed by atoms with E-state index in [0.717, 1.165) is 6.07 Å². The summed E-state index contributed by atoms with van der Waals surface area (Å²) in [5, 5.41) is 22.7. The lowest BCUT2D eigenvalue weighted by Gasteiger charge is -2.34.